The van der Waals surface area contributed by atoms with Crippen molar-refractivity contribution in [2.75, 3.05) is 19.6 Å². The van der Waals surface area contributed by atoms with Crippen molar-refractivity contribution in [2.45, 2.75) is 296 Å². The van der Waals surface area contributed by atoms with Gasteiger partial charge in [0.1, 0.15) is 24.2 Å². The lowest BCUT2D eigenvalue weighted by molar-refractivity contribution is -0.145. The molecule has 6 heterocycles. The van der Waals surface area contributed by atoms with Gasteiger partial charge >= 0.3 is 0 Å². The van der Waals surface area contributed by atoms with Crippen LogP contribution >= 0.6 is 34.0 Å². The summed E-state index contributed by atoms with van der Waals surface area (Å²) in [5.74, 6) is -1.70. The van der Waals surface area contributed by atoms with Gasteiger partial charge in [0.2, 0.25) is 41.4 Å². The molecule has 3 aromatic heterocycles. The summed E-state index contributed by atoms with van der Waals surface area (Å²) in [5.41, 5.74) is 13.5. The highest BCUT2D eigenvalue weighted by Crippen LogP contribution is 2.38. The highest BCUT2D eigenvalue weighted by atomic mass is 32.1. The maximum atomic E-state index is 13.8. The molecule has 0 radical (unpaired) electrons. The molecule has 3 aromatic carbocycles. The number of aliphatic hydroxyl groups excluding tert-OH is 3. The molecule has 3 fully saturated rings. The Morgan fingerprint density at radius 1 is 0.429 bits per heavy atom. The molecule has 9 rings (SSSR count). The Labute approximate surface area is 678 Å². The third kappa shape index (κ3) is 24.8. The van der Waals surface area contributed by atoms with Crippen LogP contribution in [0, 0.1) is 47.8 Å². The van der Waals surface area contributed by atoms with Crippen LogP contribution in [-0.2, 0) is 40.0 Å². The van der Waals surface area contributed by atoms with Gasteiger partial charge in [-0.2, -0.15) is 0 Å². The Morgan fingerprint density at radius 3 is 1.02 bits per heavy atom. The molecule has 0 unspecified atom stereocenters. The van der Waals surface area contributed by atoms with Crippen molar-refractivity contribution < 1.29 is 48.9 Å². The Kier molecular flexibility index (Phi) is 30.0. The van der Waals surface area contributed by atoms with Gasteiger partial charge in [-0.05, 0) is 156 Å². The van der Waals surface area contributed by atoms with E-state index < -0.39 is 65.4 Å². The first-order chi connectivity index (χ1) is 51.5. The summed E-state index contributed by atoms with van der Waals surface area (Å²) in [7, 11) is 0. The fourth-order valence-corrected chi connectivity index (χ4v) is 16.7. The predicted octanol–water partition coefficient (Wildman–Crippen LogP) is 13.5. The standard InChI is InChI=1S/C32H50N4O3S.C28H40N4O4S.C27H40N4O3S/c1-19(24-13-12-21(26-20(2)33-18-40-26)14-22(24)16-30(3,4)5)34-28(38)25-15-23(37)17-36(25)29(39)27(31(6,7)8)35-32(9,10)11;1-16(18-9-11-19(12-10-18)22-17(2)29-15-37-22)30-24(34)21-13-20(33)14-32(21)25(35)23(27(3,4)5)31-26(36)28(6,7)8;1-16(18-9-11-19(12-10-18)22-17(2)28-15-35-22)29-24(33)21-13-20(32)14-31(21)25(34)23(26(3,4)5)30-27(6,7)8/h12-14,18-19,23,25,27,35,37H,15-17H2,1-11H3,(H,34,38);9-12,15-16,20-21,23,33H,13-14H2,1-8H3,(H,30,34)(H,31,36);9-12,15-16,20-21,23,30,32H,13-14H2,1-8H3,(H,29,33)/t19-,23+,25-,27+;2*16-,20+,21-,23+/m000/s1. The van der Waals surface area contributed by atoms with Crippen molar-refractivity contribution in [1.82, 2.24) is 61.6 Å². The number of likely N-dealkylation sites (tertiary alicyclic amines) is 3. The second-order valence-corrected chi connectivity index (χ2v) is 41.0. The molecule has 0 aliphatic carbocycles. The van der Waals surface area contributed by atoms with E-state index >= 15 is 0 Å². The van der Waals surface area contributed by atoms with Crippen molar-refractivity contribution in [3.8, 4) is 31.3 Å². The van der Waals surface area contributed by atoms with Crippen molar-refractivity contribution in [3.05, 3.63) is 123 Å². The van der Waals surface area contributed by atoms with Crippen LogP contribution in [0.15, 0.2) is 83.3 Å². The molecular weight excluding hydrogens is 1470 g/mol. The van der Waals surface area contributed by atoms with Crippen LogP contribution in [-0.4, -0.2) is 172 Å². The minimum absolute atomic E-state index is 0.0478. The van der Waals surface area contributed by atoms with Crippen molar-refractivity contribution in [3.63, 3.8) is 0 Å². The van der Waals surface area contributed by atoms with E-state index in [0.717, 1.165) is 71.5 Å². The van der Waals surface area contributed by atoms with Gasteiger partial charge in [-0.3, -0.25) is 33.6 Å². The van der Waals surface area contributed by atoms with E-state index in [9.17, 15) is 48.9 Å². The van der Waals surface area contributed by atoms with Crippen LogP contribution in [0.25, 0.3) is 31.3 Å². The SMILES string of the molecule is Cc1ncsc1-c1ccc([C@H](C)NC(=O)[C@@H]2C[C@@H](O)CN2C(=O)[C@@H](NC(=O)C(C)(C)C)C(C)(C)C)cc1.Cc1ncsc1-c1ccc([C@H](C)NC(=O)[C@@H]2C[C@@H](O)CN2C(=O)[C@@H](NC(C)(C)C)C(C)(C)C)c(CC(C)(C)C)c1.Cc1ncsc1-c1ccc([C@H](C)NC(=O)[C@@H]2C[C@@H](O)CN2C(=O)[C@@H](NC(C)(C)C)C(C)(C)C)cc1. The van der Waals surface area contributed by atoms with E-state index in [2.05, 4.69) is 85.8 Å². The maximum absolute atomic E-state index is 13.8. The number of rotatable bonds is 19. The second kappa shape index (κ2) is 36.6. The minimum atomic E-state index is -0.833. The lowest BCUT2D eigenvalue weighted by Crippen LogP contribution is -2.60. The molecule has 22 nitrogen and oxygen atoms in total. The highest BCUT2D eigenvalue weighted by molar-refractivity contribution is 7.14. The van der Waals surface area contributed by atoms with Gasteiger partial charge in [-0.1, -0.05) is 165 Å². The van der Waals surface area contributed by atoms with Crippen LogP contribution < -0.4 is 31.9 Å². The first kappa shape index (κ1) is 91.8. The summed E-state index contributed by atoms with van der Waals surface area (Å²) in [6, 6.07) is 17.7. The van der Waals surface area contributed by atoms with Gasteiger partial charge in [0.15, 0.2) is 0 Å². The summed E-state index contributed by atoms with van der Waals surface area (Å²) >= 11 is 4.83. The Hall–Kier alpha value is -7.36. The molecule has 3 aliphatic rings. The zero-order valence-corrected chi connectivity index (χ0v) is 74.0. The van der Waals surface area contributed by atoms with Gasteiger partial charge in [0.25, 0.3) is 0 Å². The third-order valence-electron chi connectivity index (χ3n) is 20.3. The number of nitrogens with zero attached hydrogens (tertiary/aromatic N) is 6. The van der Waals surface area contributed by atoms with E-state index in [1.54, 1.807) is 64.6 Å². The summed E-state index contributed by atoms with van der Waals surface area (Å²) in [6.45, 7) is 54.0. The first-order valence-corrected chi connectivity index (χ1v) is 41.9. The van der Waals surface area contributed by atoms with E-state index in [0.29, 0.717) is 0 Å². The number of aromatic nitrogens is 3. The largest absolute Gasteiger partial charge is 0.391 e. The Balaban J connectivity index is 0.000000234. The Bertz CT molecular complexity index is 4220. The van der Waals surface area contributed by atoms with Gasteiger partial charge in [0.05, 0.1) is 96.8 Å². The quantitative estimate of drug-likeness (QED) is 0.0364. The van der Waals surface area contributed by atoms with Crippen LogP contribution in [0.3, 0.4) is 0 Å². The van der Waals surface area contributed by atoms with Gasteiger partial charge in [0, 0.05) is 55.4 Å². The normalized spacial score (nSPS) is 20.1. The van der Waals surface area contributed by atoms with Crippen LogP contribution in [0.1, 0.15) is 243 Å². The average Bonchev–Trinajstić information content (AvgIpc) is 1.60. The number of thiazole rings is 3. The number of aryl methyl sites for hydroxylation is 3. The third-order valence-corrected chi connectivity index (χ3v) is 23.2. The number of aliphatic hydroxyl groups is 3. The summed E-state index contributed by atoms with van der Waals surface area (Å²) in [5, 5.41) is 50.4. The topological polar surface area (TPSA) is 301 Å². The zero-order valence-electron chi connectivity index (χ0n) is 71.6. The molecule has 0 bridgehead atoms. The molecule has 0 spiro atoms. The van der Waals surface area contributed by atoms with Crippen LogP contribution in [0.5, 0.6) is 0 Å². The molecule has 3 aliphatic heterocycles. The smallest absolute Gasteiger partial charge is 0.246 e. The van der Waals surface area contributed by atoms with Gasteiger partial charge in [-0.25, -0.2) is 15.0 Å². The van der Waals surface area contributed by atoms with E-state index in [1.165, 1.54) is 10.5 Å². The highest BCUT2D eigenvalue weighted by Gasteiger charge is 2.49. The van der Waals surface area contributed by atoms with Crippen LogP contribution in [0.2, 0.25) is 0 Å². The Morgan fingerprint density at radius 2 is 0.732 bits per heavy atom. The van der Waals surface area contributed by atoms with Gasteiger partial charge < -0.3 is 61.9 Å². The summed E-state index contributed by atoms with van der Waals surface area (Å²) in [6.07, 6.45) is -0.790. The number of hydrogen-bond acceptors (Lipinski definition) is 18. The minimum Gasteiger partial charge on any atom is -0.391 e. The molecule has 0 saturated carbocycles. The zero-order chi connectivity index (χ0) is 84.0. The second-order valence-electron chi connectivity index (χ2n) is 38.5. The van der Waals surface area contributed by atoms with Crippen LogP contribution in [0.4, 0.5) is 0 Å². The number of amides is 7. The van der Waals surface area contributed by atoms with E-state index in [4.69, 9.17) is 0 Å². The molecule has 112 heavy (non-hydrogen) atoms. The predicted molar refractivity (Wildman–Crippen MR) is 451 cm³/mol. The average molecular weight is 1600 g/mol. The molecule has 3 saturated heterocycles. The maximum Gasteiger partial charge on any atom is 0.246 e. The van der Waals surface area contributed by atoms with E-state index in [1.807, 2.05) is 210 Å². The van der Waals surface area contributed by atoms with Crippen molar-refractivity contribution in [2.24, 2.45) is 27.1 Å². The number of hydrogen-bond donors (Lipinski definition) is 9. The lowest BCUT2D eigenvalue weighted by atomic mass is 9.84. The molecular formula is C87H130N12O10S3. The number of benzene rings is 3. The number of carbonyl (C=O) groups excluding carboxylic acids is 7. The summed E-state index contributed by atoms with van der Waals surface area (Å²) in [4.78, 5) is 115. The summed E-state index contributed by atoms with van der Waals surface area (Å²) < 4.78 is 0. The monoisotopic (exact) mass is 1600 g/mol. The molecule has 25 heteroatoms. The fourth-order valence-electron chi connectivity index (χ4n) is 14.2. The molecule has 12 atom stereocenters. The fraction of sp³-hybridized carbons (Fsp3) is 0.609. The molecule has 7 amide bonds. The molecule has 616 valence electrons. The lowest BCUT2D eigenvalue weighted by Gasteiger charge is -2.39. The first-order valence-electron chi connectivity index (χ1n) is 39.3. The van der Waals surface area contributed by atoms with E-state index in [-0.39, 0.29) is 126 Å². The number of carbonyl (C=O) groups is 7. The van der Waals surface area contributed by atoms with Crippen molar-refractivity contribution in [1.29, 1.82) is 0 Å². The number of nitrogens with one attached hydrogen (secondary N) is 6. The molecule has 9 N–H and O–H groups in total. The number of β-amino-alcohol motifs (C(OH)–C–C–N with tert-alkyl or cyclic N) is 3. The van der Waals surface area contributed by atoms with Crippen molar-refractivity contribution >= 4 is 75.4 Å². The van der Waals surface area contributed by atoms with Gasteiger partial charge in [-0.15, -0.1) is 34.0 Å². The molecule has 6 aromatic rings.